The zero-order valence-electron chi connectivity index (χ0n) is 12.2. The summed E-state index contributed by atoms with van der Waals surface area (Å²) in [5, 5.41) is 5.40. The molecule has 2 aliphatic rings. The smallest absolute Gasteiger partial charge is 0.268 e. The normalized spacial score (nSPS) is 26.2. The van der Waals surface area contributed by atoms with Gasteiger partial charge in [0.2, 0.25) is 11.6 Å². The van der Waals surface area contributed by atoms with Crippen LogP contribution < -0.4 is 10.6 Å². The van der Waals surface area contributed by atoms with Gasteiger partial charge in [-0.3, -0.25) is 14.9 Å². The summed E-state index contributed by atoms with van der Waals surface area (Å²) in [6.07, 6.45) is 2.12. The van der Waals surface area contributed by atoms with Crippen LogP contribution in [0.5, 0.6) is 0 Å². The van der Waals surface area contributed by atoms with Gasteiger partial charge in [0, 0.05) is 12.8 Å². The third kappa shape index (κ3) is 3.15. The lowest BCUT2D eigenvalue weighted by molar-refractivity contribution is -0.144. The molecule has 120 valence electrons. The predicted molar refractivity (Wildman–Crippen MR) is 83.7 cm³/mol. The Morgan fingerprint density at radius 2 is 1.73 bits per heavy atom. The van der Waals surface area contributed by atoms with Crippen molar-refractivity contribution < 1.29 is 14.0 Å². The lowest BCUT2D eigenvalue weighted by atomic mass is 9.84. The van der Waals surface area contributed by atoms with Gasteiger partial charge in [-0.25, -0.2) is 4.39 Å². The van der Waals surface area contributed by atoms with Gasteiger partial charge >= 0.3 is 0 Å². The van der Waals surface area contributed by atoms with Crippen molar-refractivity contribution in [2.24, 2.45) is 0 Å². The van der Waals surface area contributed by atoms with Gasteiger partial charge in [-0.2, -0.15) is 0 Å². The SMILES string of the molecule is Cl.O=C1CC[C@@](F)(c2ccc(C3CCNCC3)cc2)C(=O)N1. The first kappa shape index (κ1) is 16.9. The Morgan fingerprint density at radius 1 is 1.09 bits per heavy atom. The van der Waals surface area contributed by atoms with Crippen LogP contribution in [0.1, 0.15) is 42.7 Å². The fourth-order valence-corrected chi connectivity index (χ4v) is 3.14. The number of amides is 2. The quantitative estimate of drug-likeness (QED) is 0.819. The van der Waals surface area contributed by atoms with Crippen LogP contribution in [0.3, 0.4) is 0 Å². The number of hydrogen-bond donors (Lipinski definition) is 2. The summed E-state index contributed by atoms with van der Waals surface area (Å²) in [7, 11) is 0. The molecule has 1 aromatic rings. The van der Waals surface area contributed by atoms with Gasteiger partial charge in [-0.1, -0.05) is 24.3 Å². The Bertz CT molecular complexity index is 558. The molecule has 2 saturated heterocycles. The van der Waals surface area contributed by atoms with Crippen molar-refractivity contribution in [1.82, 2.24) is 10.6 Å². The minimum Gasteiger partial charge on any atom is -0.317 e. The van der Waals surface area contributed by atoms with Crippen LogP contribution in [-0.2, 0) is 15.3 Å². The van der Waals surface area contributed by atoms with Crippen molar-refractivity contribution in [3.63, 3.8) is 0 Å². The van der Waals surface area contributed by atoms with Crippen LogP contribution in [0.25, 0.3) is 0 Å². The number of hydrogen-bond acceptors (Lipinski definition) is 3. The molecule has 6 heteroatoms. The Kier molecular flexibility index (Phi) is 5.19. The summed E-state index contributed by atoms with van der Waals surface area (Å²) in [5.74, 6) is -0.745. The third-order valence-corrected chi connectivity index (χ3v) is 4.49. The molecule has 0 unspecified atom stereocenters. The maximum absolute atomic E-state index is 14.9. The lowest BCUT2D eigenvalue weighted by Gasteiger charge is -2.29. The van der Waals surface area contributed by atoms with E-state index in [-0.39, 0.29) is 25.2 Å². The number of halogens is 2. The van der Waals surface area contributed by atoms with E-state index >= 15 is 0 Å². The number of carbonyl (C=O) groups excluding carboxylic acids is 2. The van der Waals surface area contributed by atoms with E-state index in [1.807, 2.05) is 12.1 Å². The van der Waals surface area contributed by atoms with E-state index in [9.17, 15) is 14.0 Å². The van der Waals surface area contributed by atoms with E-state index in [4.69, 9.17) is 0 Å². The summed E-state index contributed by atoms with van der Waals surface area (Å²) < 4.78 is 14.9. The Labute approximate surface area is 135 Å². The first-order valence-electron chi connectivity index (χ1n) is 7.44. The van der Waals surface area contributed by atoms with Crippen molar-refractivity contribution in [3.05, 3.63) is 35.4 Å². The monoisotopic (exact) mass is 326 g/mol. The highest BCUT2D eigenvalue weighted by Crippen LogP contribution is 2.35. The number of imide groups is 1. The molecule has 2 amide bonds. The topological polar surface area (TPSA) is 58.2 Å². The molecule has 2 aliphatic heterocycles. The van der Waals surface area contributed by atoms with Crippen LogP contribution in [0, 0.1) is 0 Å². The van der Waals surface area contributed by atoms with Crippen LogP contribution in [0.15, 0.2) is 24.3 Å². The number of nitrogens with one attached hydrogen (secondary N) is 2. The van der Waals surface area contributed by atoms with Gasteiger partial charge in [-0.05, 0) is 43.0 Å². The van der Waals surface area contributed by atoms with Crippen molar-refractivity contribution in [3.8, 4) is 0 Å². The molecule has 0 aromatic heterocycles. The highest BCUT2D eigenvalue weighted by Gasteiger charge is 2.44. The summed E-state index contributed by atoms with van der Waals surface area (Å²) in [5.41, 5.74) is -0.554. The number of carbonyl (C=O) groups is 2. The van der Waals surface area contributed by atoms with Crippen LogP contribution in [0.2, 0.25) is 0 Å². The first-order chi connectivity index (χ1) is 10.1. The van der Waals surface area contributed by atoms with Gasteiger partial charge in [0.15, 0.2) is 0 Å². The number of piperidine rings is 2. The molecule has 0 aliphatic carbocycles. The van der Waals surface area contributed by atoms with Gasteiger partial charge in [-0.15, -0.1) is 12.4 Å². The van der Waals surface area contributed by atoms with Gasteiger partial charge in [0.25, 0.3) is 5.91 Å². The second-order valence-electron chi connectivity index (χ2n) is 5.82. The molecule has 0 bridgehead atoms. The second kappa shape index (κ2) is 6.75. The first-order valence-corrected chi connectivity index (χ1v) is 7.44. The molecule has 0 saturated carbocycles. The Hall–Kier alpha value is -1.46. The van der Waals surface area contributed by atoms with Crippen molar-refractivity contribution in [2.75, 3.05) is 13.1 Å². The number of benzene rings is 1. The molecule has 2 N–H and O–H groups in total. The van der Waals surface area contributed by atoms with Crippen molar-refractivity contribution >= 4 is 24.2 Å². The zero-order valence-corrected chi connectivity index (χ0v) is 13.0. The van der Waals surface area contributed by atoms with E-state index in [0.29, 0.717) is 11.5 Å². The minimum atomic E-state index is -2.08. The summed E-state index contributed by atoms with van der Waals surface area (Å²) in [4.78, 5) is 22.9. The molecule has 1 aromatic carbocycles. The third-order valence-electron chi connectivity index (χ3n) is 4.49. The van der Waals surface area contributed by atoms with E-state index in [0.717, 1.165) is 25.9 Å². The van der Waals surface area contributed by atoms with Gasteiger partial charge < -0.3 is 5.32 Å². The predicted octanol–water partition coefficient (Wildman–Crippen LogP) is 2.18. The average molecular weight is 327 g/mol. The molecular formula is C16H20ClFN2O2. The fraction of sp³-hybridized carbons (Fsp3) is 0.500. The van der Waals surface area contributed by atoms with E-state index in [1.54, 1.807) is 12.1 Å². The summed E-state index contributed by atoms with van der Waals surface area (Å²) >= 11 is 0. The molecule has 3 rings (SSSR count). The molecule has 2 heterocycles. The van der Waals surface area contributed by atoms with Crippen LogP contribution in [0.4, 0.5) is 4.39 Å². The van der Waals surface area contributed by atoms with Crippen LogP contribution in [-0.4, -0.2) is 24.9 Å². The summed E-state index contributed by atoms with van der Waals surface area (Å²) in [6, 6.07) is 7.20. The molecule has 1 atom stereocenters. The molecule has 2 fully saturated rings. The van der Waals surface area contributed by atoms with E-state index in [2.05, 4.69) is 10.6 Å². The van der Waals surface area contributed by atoms with Crippen molar-refractivity contribution in [1.29, 1.82) is 0 Å². The Morgan fingerprint density at radius 3 is 2.32 bits per heavy atom. The standard InChI is InChI=1S/C16H19FN2O2.ClH/c17-16(8-5-14(20)19-15(16)21)13-3-1-11(2-4-13)12-6-9-18-10-7-12;/h1-4,12,18H,5-10H2,(H,19,20,21);1H/t16-;/m1./s1. The van der Waals surface area contributed by atoms with Gasteiger partial charge in [0.1, 0.15) is 0 Å². The lowest BCUT2D eigenvalue weighted by Crippen LogP contribution is -2.49. The van der Waals surface area contributed by atoms with E-state index in [1.165, 1.54) is 5.56 Å². The Balaban J connectivity index is 0.00000176. The maximum Gasteiger partial charge on any atom is 0.268 e. The van der Waals surface area contributed by atoms with Gasteiger partial charge in [0.05, 0.1) is 0 Å². The second-order valence-corrected chi connectivity index (χ2v) is 5.82. The van der Waals surface area contributed by atoms with Crippen LogP contribution >= 0.6 is 12.4 Å². The maximum atomic E-state index is 14.9. The highest BCUT2D eigenvalue weighted by molar-refractivity contribution is 6.02. The zero-order chi connectivity index (χ0) is 14.9. The summed E-state index contributed by atoms with van der Waals surface area (Å²) in [6.45, 7) is 2.01. The molecule has 22 heavy (non-hydrogen) atoms. The molecule has 4 nitrogen and oxygen atoms in total. The molecular weight excluding hydrogens is 307 g/mol. The number of rotatable bonds is 2. The fourth-order valence-electron chi connectivity index (χ4n) is 3.14. The number of alkyl halides is 1. The van der Waals surface area contributed by atoms with Crippen molar-refractivity contribution in [2.45, 2.75) is 37.3 Å². The highest BCUT2D eigenvalue weighted by atomic mass is 35.5. The average Bonchev–Trinajstić information content (AvgIpc) is 2.52. The molecule has 0 spiro atoms. The van der Waals surface area contributed by atoms with E-state index < -0.39 is 17.5 Å². The largest absolute Gasteiger partial charge is 0.317 e. The minimum absolute atomic E-state index is 0. The molecule has 0 radical (unpaired) electrons.